The zero-order valence-corrected chi connectivity index (χ0v) is 13.4. The van der Waals surface area contributed by atoms with Crippen molar-refractivity contribution in [3.05, 3.63) is 47.2 Å². The summed E-state index contributed by atoms with van der Waals surface area (Å²) < 4.78 is 28.0. The molecule has 1 N–H and O–H groups in total. The van der Waals surface area contributed by atoms with Crippen molar-refractivity contribution < 1.29 is 8.42 Å². The lowest BCUT2D eigenvalue weighted by atomic mass is 10.3. The van der Waals surface area contributed by atoms with Gasteiger partial charge in [0.15, 0.2) is 0 Å². The number of halogens is 1. The maximum atomic E-state index is 12.4. The summed E-state index contributed by atoms with van der Waals surface area (Å²) in [6, 6.07) is 8.29. The van der Waals surface area contributed by atoms with E-state index in [0.29, 0.717) is 10.2 Å². The van der Waals surface area contributed by atoms with Gasteiger partial charge in [0.2, 0.25) is 0 Å². The van der Waals surface area contributed by atoms with Gasteiger partial charge in [-0.05, 0) is 24.3 Å². The second kappa shape index (κ2) is 5.80. The number of hydrogen-bond acceptors (Lipinski definition) is 4. The minimum Gasteiger partial charge on any atom is -0.376 e. The molecule has 0 fully saturated rings. The fourth-order valence-electron chi connectivity index (χ4n) is 1.69. The maximum absolute atomic E-state index is 12.4. The lowest BCUT2D eigenvalue weighted by molar-refractivity contribution is 0.601. The van der Waals surface area contributed by atoms with E-state index >= 15 is 0 Å². The van der Waals surface area contributed by atoms with Crippen LogP contribution in [0.25, 0.3) is 0 Å². The number of rotatable bonds is 4. The number of nitrogens with zero attached hydrogens (tertiary/aromatic N) is 2. The molecule has 0 aliphatic carbocycles. The third-order valence-electron chi connectivity index (χ3n) is 2.63. The molecule has 1 aromatic heterocycles. The van der Waals surface area contributed by atoms with E-state index in [4.69, 9.17) is 0 Å². The van der Waals surface area contributed by atoms with Crippen LogP contribution in [-0.2, 0) is 10.0 Å². The maximum Gasteiger partial charge on any atom is 0.262 e. The lowest BCUT2D eigenvalue weighted by Gasteiger charge is -2.17. The molecule has 0 radical (unpaired) electrons. The molecule has 1 aromatic carbocycles. The highest BCUT2D eigenvalue weighted by Gasteiger charge is 2.16. The summed E-state index contributed by atoms with van der Waals surface area (Å²) in [5.41, 5.74) is 1.19. The smallest absolute Gasteiger partial charge is 0.262 e. The molecule has 0 aliphatic rings. The predicted octanol–water partition coefficient (Wildman–Crippen LogP) is 2.71. The first-order valence-corrected chi connectivity index (χ1v) is 8.07. The molecule has 0 spiro atoms. The molecule has 7 heteroatoms. The average molecular weight is 356 g/mol. The van der Waals surface area contributed by atoms with E-state index < -0.39 is 10.0 Å². The van der Waals surface area contributed by atoms with Gasteiger partial charge in [0.25, 0.3) is 10.0 Å². The molecule has 0 unspecified atom stereocenters. The Bertz CT molecular complexity index is 717. The summed E-state index contributed by atoms with van der Waals surface area (Å²) in [7, 11) is 0.0405. The molecule has 2 aromatic rings. The van der Waals surface area contributed by atoms with E-state index in [1.54, 1.807) is 36.5 Å². The molecule has 0 atom stereocenters. The van der Waals surface area contributed by atoms with Crippen molar-refractivity contribution in [1.82, 2.24) is 4.98 Å². The summed E-state index contributed by atoms with van der Waals surface area (Å²) in [5.74, 6) is 0. The van der Waals surface area contributed by atoms with Gasteiger partial charge in [-0.3, -0.25) is 9.71 Å². The van der Waals surface area contributed by atoms with Gasteiger partial charge in [-0.2, -0.15) is 0 Å². The van der Waals surface area contributed by atoms with Gasteiger partial charge in [-0.25, -0.2) is 8.42 Å². The third-order valence-corrected chi connectivity index (χ3v) is 4.49. The molecular weight excluding hydrogens is 342 g/mol. The Morgan fingerprint density at radius 2 is 2.00 bits per heavy atom. The summed E-state index contributed by atoms with van der Waals surface area (Å²) in [4.78, 5) is 5.97. The van der Waals surface area contributed by atoms with Crippen LogP contribution in [0.1, 0.15) is 0 Å². The van der Waals surface area contributed by atoms with E-state index in [0.717, 1.165) is 5.69 Å². The van der Waals surface area contributed by atoms with Gasteiger partial charge in [-0.15, -0.1) is 0 Å². The SMILES string of the molecule is CN(C)c1ccncc1NS(=O)(=O)c1cccc(Br)c1. The van der Waals surface area contributed by atoms with Crippen LogP contribution in [-0.4, -0.2) is 27.5 Å². The molecule has 20 heavy (non-hydrogen) atoms. The minimum absolute atomic E-state index is 0.195. The van der Waals surface area contributed by atoms with E-state index in [1.807, 2.05) is 19.0 Å². The first-order valence-electron chi connectivity index (χ1n) is 5.80. The second-order valence-electron chi connectivity index (χ2n) is 4.35. The minimum atomic E-state index is -3.64. The van der Waals surface area contributed by atoms with E-state index in [-0.39, 0.29) is 4.90 Å². The Morgan fingerprint density at radius 1 is 1.25 bits per heavy atom. The number of hydrogen-bond donors (Lipinski definition) is 1. The van der Waals surface area contributed by atoms with Crippen LogP contribution in [0.4, 0.5) is 11.4 Å². The fraction of sp³-hybridized carbons (Fsp3) is 0.154. The number of sulfonamides is 1. The molecule has 0 aliphatic heterocycles. The molecule has 2 rings (SSSR count). The summed E-state index contributed by atoms with van der Waals surface area (Å²) in [6.45, 7) is 0. The van der Waals surface area contributed by atoms with Crippen molar-refractivity contribution >= 4 is 37.3 Å². The van der Waals surface area contributed by atoms with Crippen molar-refractivity contribution in [2.24, 2.45) is 0 Å². The Morgan fingerprint density at radius 3 is 2.65 bits per heavy atom. The van der Waals surface area contributed by atoms with Crippen LogP contribution in [0.15, 0.2) is 52.1 Å². The number of pyridine rings is 1. The Labute approximate surface area is 126 Å². The largest absolute Gasteiger partial charge is 0.376 e. The summed E-state index contributed by atoms with van der Waals surface area (Å²) in [5, 5.41) is 0. The molecule has 0 saturated heterocycles. The molecule has 106 valence electrons. The number of anilines is 2. The van der Waals surface area contributed by atoms with Crippen LogP contribution in [0, 0.1) is 0 Å². The molecule has 0 saturated carbocycles. The molecular formula is C13H14BrN3O2S. The van der Waals surface area contributed by atoms with Crippen LogP contribution in [0.2, 0.25) is 0 Å². The van der Waals surface area contributed by atoms with Gasteiger partial charge in [0, 0.05) is 24.8 Å². The highest BCUT2D eigenvalue weighted by molar-refractivity contribution is 9.10. The second-order valence-corrected chi connectivity index (χ2v) is 6.95. The molecule has 1 heterocycles. The first kappa shape index (κ1) is 14.8. The number of benzene rings is 1. The quantitative estimate of drug-likeness (QED) is 0.915. The summed E-state index contributed by atoms with van der Waals surface area (Å²) >= 11 is 3.26. The standard InChI is InChI=1S/C13H14BrN3O2S/c1-17(2)13-6-7-15-9-12(13)16-20(18,19)11-5-3-4-10(14)8-11/h3-9,16H,1-2H3. The van der Waals surface area contributed by atoms with Gasteiger partial charge >= 0.3 is 0 Å². The van der Waals surface area contributed by atoms with Gasteiger partial charge < -0.3 is 4.90 Å². The highest BCUT2D eigenvalue weighted by atomic mass is 79.9. The zero-order chi connectivity index (χ0) is 14.8. The molecule has 0 bridgehead atoms. The van der Waals surface area contributed by atoms with Crippen molar-refractivity contribution in [1.29, 1.82) is 0 Å². The topological polar surface area (TPSA) is 62.3 Å². The molecule has 0 amide bonds. The van der Waals surface area contributed by atoms with E-state index in [1.165, 1.54) is 6.20 Å². The van der Waals surface area contributed by atoms with Gasteiger partial charge in [0.05, 0.1) is 22.5 Å². The average Bonchev–Trinajstić information content (AvgIpc) is 2.38. The fourth-order valence-corrected chi connectivity index (χ4v) is 3.35. The predicted molar refractivity (Wildman–Crippen MR) is 83.5 cm³/mol. The lowest BCUT2D eigenvalue weighted by Crippen LogP contribution is -2.17. The van der Waals surface area contributed by atoms with Gasteiger partial charge in [0.1, 0.15) is 0 Å². The number of aromatic nitrogens is 1. The van der Waals surface area contributed by atoms with Crippen molar-refractivity contribution in [2.75, 3.05) is 23.7 Å². The normalized spacial score (nSPS) is 11.2. The highest BCUT2D eigenvalue weighted by Crippen LogP contribution is 2.26. The first-order chi connectivity index (χ1) is 9.40. The Kier molecular flexibility index (Phi) is 4.29. The van der Waals surface area contributed by atoms with Crippen LogP contribution >= 0.6 is 15.9 Å². The van der Waals surface area contributed by atoms with Crippen LogP contribution in [0.5, 0.6) is 0 Å². The zero-order valence-electron chi connectivity index (χ0n) is 11.0. The Hall–Kier alpha value is -1.60. The monoisotopic (exact) mass is 355 g/mol. The molecule has 5 nitrogen and oxygen atoms in total. The number of nitrogens with one attached hydrogen (secondary N) is 1. The van der Waals surface area contributed by atoms with Gasteiger partial charge in [-0.1, -0.05) is 22.0 Å². The van der Waals surface area contributed by atoms with E-state index in [2.05, 4.69) is 25.6 Å². The third kappa shape index (κ3) is 3.29. The van der Waals surface area contributed by atoms with Crippen LogP contribution < -0.4 is 9.62 Å². The van der Waals surface area contributed by atoms with Crippen LogP contribution in [0.3, 0.4) is 0 Å². The Balaban J connectivity index is 2.39. The van der Waals surface area contributed by atoms with Crippen molar-refractivity contribution in [2.45, 2.75) is 4.90 Å². The van der Waals surface area contributed by atoms with E-state index in [9.17, 15) is 8.42 Å². The van der Waals surface area contributed by atoms with Crippen molar-refractivity contribution in [3.63, 3.8) is 0 Å². The summed E-state index contributed by atoms with van der Waals surface area (Å²) in [6.07, 6.45) is 3.11. The van der Waals surface area contributed by atoms with Crippen molar-refractivity contribution in [3.8, 4) is 0 Å².